The fourth-order valence-corrected chi connectivity index (χ4v) is 1.92. The summed E-state index contributed by atoms with van der Waals surface area (Å²) in [6.45, 7) is 3.21. The largest absolute Gasteiger partial charge is 0.459 e. The number of hydrogen-bond acceptors (Lipinski definition) is 6. The van der Waals surface area contributed by atoms with Crippen LogP contribution in [0.5, 0.6) is 0 Å². The molecular formula is C13H12N2O4. The number of fused-ring (bicyclic) bond motifs is 1. The highest BCUT2D eigenvalue weighted by Gasteiger charge is 2.18. The summed E-state index contributed by atoms with van der Waals surface area (Å²) in [6, 6.07) is 5.77. The first-order chi connectivity index (χ1) is 9.28. The summed E-state index contributed by atoms with van der Waals surface area (Å²) in [4.78, 5) is 11.4. The molecule has 1 aromatic carbocycles. The van der Waals surface area contributed by atoms with Crippen molar-refractivity contribution in [1.82, 2.24) is 10.2 Å². The Kier molecular flexibility index (Phi) is 3.00. The second kappa shape index (κ2) is 4.81. The monoisotopic (exact) mass is 260 g/mol. The molecule has 0 atom stereocenters. The Bertz CT molecular complexity index is 621. The van der Waals surface area contributed by atoms with Gasteiger partial charge < -0.3 is 13.9 Å². The van der Waals surface area contributed by atoms with Crippen LogP contribution in [-0.2, 0) is 22.7 Å². The maximum Gasteiger partial charge on any atom is 0.396 e. The fraction of sp³-hybridized carbons (Fsp3) is 0.308. The number of nitrogens with zero attached hydrogens (tertiary/aromatic N) is 2. The molecule has 0 aliphatic carbocycles. The van der Waals surface area contributed by atoms with Crippen LogP contribution in [0.1, 0.15) is 28.7 Å². The van der Waals surface area contributed by atoms with Crippen LogP contribution < -0.4 is 0 Å². The van der Waals surface area contributed by atoms with Crippen LogP contribution in [-0.4, -0.2) is 22.8 Å². The van der Waals surface area contributed by atoms with Gasteiger partial charge in [-0.3, -0.25) is 0 Å². The second-order valence-electron chi connectivity index (χ2n) is 4.11. The van der Waals surface area contributed by atoms with Crippen molar-refractivity contribution in [3.05, 3.63) is 35.2 Å². The summed E-state index contributed by atoms with van der Waals surface area (Å²) >= 11 is 0. The molecule has 0 N–H and O–H groups in total. The number of rotatable bonds is 3. The molecule has 0 radical (unpaired) electrons. The van der Waals surface area contributed by atoms with E-state index in [9.17, 15) is 4.79 Å². The van der Waals surface area contributed by atoms with Gasteiger partial charge in [-0.05, 0) is 30.2 Å². The lowest BCUT2D eigenvalue weighted by Crippen LogP contribution is -2.04. The molecule has 0 saturated heterocycles. The van der Waals surface area contributed by atoms with E-state index >= 15 is 0 Å². The van der Waals surface area contributed by atoms with E-state index in [1.54, 1.807) is 6.92 Å². The van der Waals surface area contributed by atoms with Gasteiger partial charge in [0.15, 0.2) is 0 Å². The second-order valence-corrected chi connectivity index (χ2v) is 4.11. The summed E-state index contributed by atoms with van der Waals surface area (Å²) < 4.78 is 15.4. The molecular weight excluding hydrogens is 248 g/mol. The summed E-state index contributed by atoms with van der Waals surface area (Å²) in [5.74, 6) is -0.433. The van der Waals surface area contributed by atoms with Gasteiger partial charge in [-0.2, -0.15) is 0 Å². The first kappa shape index (κ1) is 11.9. The number of carbonyl (C=O) groups excluding carboxylic acids is 1. The van der Waals surface area contributed by atoms with E-state index in [1.807, 2.05) is 18.2 Å². The predicted octanol–water partition coefficient (Wildman–Crippen LogP) is 1.94. The quantitative estimate of drug-likeness (QED) is 0.785. The van der Waals surface area contributed by atoms with Crippen LogP contribution in [0, 0.1) is 0 Å². The Morgan fingerprint density at radius 2 is 2.16 bits per heavy atom. The van der Waals surface area contributed by atoms with Crippen LogP contribution in [0.3, 0.4) is 0 Å². The maximum absolute atomic E-state index is 11.4. The molecule has 19 heavy (non-hydrogen) atoms. The average Bonchev–Trinajstić information content (AvgIpc) is 3.07. The van der Waals surface area contributed by atoms with Crippen molar-refractivity contribution in [2.45, 2.75) is 20.1 Å². The molecule has 0 bridgehead atoms. The molecule has 2 heterocycles. The smallest absolute Gasteiger partial charge is 0.396 e. The van der Waals surface area contributed by atoms with Crippen molar-refractivity contribution in [3.63, 3.8) is 0 Å². The summed E-state index contributed by atoms with van der Waals surface area (Å²) in [7, 11) is 0. The van der Waals surface area contributed by atoms with E-state index in [-0.39, 0.29) is 12.5 Å². The third-order valence-corrected chi connectivity index (χ3v) is 2.84. The highest BCUT2D eigenvalue weighted by atomic mass is 16.5. The topological polar surface area (TPSA) is 74.5 Å². The molecule has 2 aromatic rings. The van der Waals surface area contributed by atoms with Gasteiger partial charge in [0, 0.05) is 5.56 Å². The van der Waals surface area contributed by atoms with E-state index in [0.717, 1.165) is 16.7 Å². The minimum atomic E-state index is -0.606. The third kappa shape index (κ3) is 2.22. The van der Waals surface area contributed by atoms with Gasteiger partial charge in [0.25, 0.3) is 0 Å². The number of hydrogen-bond donors (Lipinski definition) is 0. The molecule has 6 heteroatoms. The Morgan fingerprint density at radius 1 is 1.32 bits per heavy atom. The van der Waals surface area contributed by atoms with Crippen LogP contribution in [0.25, 0.3) is 11.5 Å². The van der Waals surface area contributed by atoms with Crippen molar-refractivity contribution in [2.24, 2.45) is 0 Å². The highest BCUT2D eigenvalue weighted by Crippen LogP contribution is 2.26. The minimum Gasteiger partial charge on any atom is -0.459 e. The fourth-order valence-electron chi connectivity index (χ4n) is 1.92. The lowest BCUT2D eigenvalue weighted by atomic mass is 10.1. The molecule has 1 aliphatic rings. The molecule has 3 rings (SSSR count). The summed E-state index contributed by atoms with van der Waals surface area (Å²) in [6.07, 6.45) is 0. The van der Waals surface area contributed by atoms with Gasteiger partial charge in [0.2, 0.25) is 5.89 Å². The Hall–Kier alpha value is -2.21. The SMILES string of the molecule is CCOC(=O)c1nnc(-c2ccc3c(c2)COC3)o1. The number of benzene rings is 1. The van der Waals surface area contributed by atoms with Gasteiger partial charge in [-0.15, -0.1) is 10.2 Å². The van der Waals surface area contributed by atoms with Gasteiger partial charge in [-0.25, -0.2) is 4.79 Å². The maximum atomic E-state index is 11.4. The van der Waals surface area contributed by atoms with E-state index in [0.29, 0.717) is 19.1 Å². The molecule has 6 nitrogen and oxygen atoms in total. The van der Waals surface area contributed by atoms with Crippen molar-refractivity contribution in [3.8, 4) is 11.5 Å². The van der Waals surface area contributed by atoms with Gasteiger partial charge in [0.1, 0.15) is 0 Å². The zero-order chi connectivity index (χ0) is 13.2. The lowest BCUT2D eigenvalue weighted by Gasteiger charge is -1.99. The molecule has 0 unspecified atom stereocenters. The minimum absolute atomic E-state index is 0.131. The molecule has 98 valence electrons. The van der Waals surface area contributed by atoms with Crippen LogP contribution in [0.15, 0.2) is 22.6 Å². The standard InChI is InChI=1S/C13H12N2O4/c1-2-18-13(16)12-15-14-11(19-12)8-3-4-9-6-17-7-10(9)5-8/h3-5H,2,6-7H2,1H3. The van der Waals surface area contributed by atoms with Crippen LogP contribution in [0.2, 0.25) is 0 Å². The predicted molar refractivity (Wildman–Crippen MR) is 64.2 cm³/mol. The molecule has 0 saturated carbocycles. The van der Waals surface area contributed by atoms with E-state index in [1.165, 1.54) is 0 Å². The van der Waals surface area contributed by atoms with Crippen LogP contribution in [0.4, 0.5) is 0 Å². The third-order valence-electron chi connectivity index (χ3n) is 2.84. The van der Waals surface area contributed by atoms with Crippen LogP contribution >= 0.6 is 0 Å². The Balaban J connectivity index is 1.88. The van der Waals surface area contributed by atoms with E-state index < -0.39 is 5.97 Å². The first-order valence-electron chi connectivity index (χ1n) is 5.98. The van der Waals surface area contributed by atoms with Gasteiger partial charge >= 0.3 is 11.9 Å². The molecule has 0 amide bonds. The number of aromatic nitrogens is 2. The normalized spacial score (nSPS) is 13.3. The summed E-state index contributed by atoms with van der Waals surface area (Å²) in [5.41, 5.74) is 3.04. The van der Waals surface area contributed by atoms with E-state index in [4.69, 9.17) is 13.9 Å². The van der Waals surface area contributed by atoms with E-state index in [2.05, 4.69) is 10.2 Å². The number of ether oxygens (including phenoxy) is 2. The average molecular weight is 260 g/mol. The Labute approximate surface area is 109 Å². The van der Waals surface area contributed by atoms with Crippen molar-refractivity contribution >= 4 is 5.97 Å². The number of esters is 1. The first-order valence-corrected chi connectivity index (χ1v) is 5.98. The Morgan fingerprint density at radius 3 is 3.00 bits per heavy atom. The molecule has 0 spiro atoms. The molecule has 1 aliphatic heterocycles. The number of carbonyl (C=O) groups is 1. The van der Waals surface area contributed by atoms with Crippen molar-refractivity contribution in [2.75, 3.05) is 6.61 Å². The van der Waals surface area contributed by atoms with Crippen molar-refractivity contribution in [1.29, 1.82) is 0 Å². The van der Waals surface area contributed by atoms with Crippen molar-refractivity contribution < 1.29 is 18.7 Å². The highest BCUT2D eigenvalue weighted by molar-refractivity contribution is 5.84. The summed E-state index contributed by atoms with van der Waals surface area (Å²) in [5, 5.41) is 7.54. The lowest BCUT2D eigenvalue weighted by molar-refractivity contribution is 0.0481. The zero-order valence-corrected chi connectivity index (χ0v) is 10.4. The van der Waals surface area contributed by atoms with Gasteiger partial charge in [0.05, 0.1) is 19.8 Å². The van der Waals surface area contributed by atoms with Gasteiger partial charge in [-0.1, -0.05) is 6.07 Å². The molecule has 0 fully saturated rings. The molecule has 1 aromatic heterocycles. The zero-order valence-electron chi connectivity index (χ0n) is 10.4.